The van der Waals surface area contributed by atoms with Gasteiger partial charge in [0.05, 0.1) is 18.1 Å². The van der Waals surface area contributed by atoms with Gasteiger partial charge in [0.25, 0.3) is 0 Å². The molecular formula is C20H20N2O6S. The van der Waals surface area contributed by atoms with Crippen molar-refractivity contribution in [1.29, 1.82) is 0 Å². The number of hydrogen-bond acceptors (Lipinski definition) is 7. The molecule has 0 spiro atoms. The molecule has 4 rings (SSSR count). The molecule has 1 aromatic heterocycles. The Balaban J connectivity index is 1.45. The van der Waals surface area contributed by atoms with Gasteiger partial charge in [-0.05, 0) is 30.5 Å². The summed E-state index contributed by atoms with van der Waals surface area (Å²) >= 11 is 1.24. The topological polar surface area (TPSA) is 94.2 Å². The number of rotatable bonds is 5. The number of carbonyl (C=O) groups is 3. The summed E-state index contributed by atoms with van der Waals surface area (Å²) in [4.78, 5) is 38.8. The molecule has 8 nitrogen and oxygen atoms in total. The van der Waals surface area contributed by atoms with Crippen LogP contribution in [0.1, 0.15) is 23.7 Å². The zero-order valence-corrected chi connectivity index (χ0v) is 16.6. The van der Waals surface area contributed by atoms with Gasteiger partial charge in [-0.1, -0.05) is 0 Å². The number of ether oxygens (including phenoxy) is 3. The van der Waals surface area contributed by atoms with E-state index in [0.717, 1.165) is 0 Å². The van der Waals surface area contributed by atoms with Gasteiger partial charge in [0.2, 0.25) is 11.8 Å². The van der Waals surface area contributed by atoms with Gasteiger partial charge >= 0.3 is 5.97 Å². The largest absolute Gasteiger partial charge is 0.486 e. The van der Waals surface area contributed by atoms with Crippen LogP contribution in [0.15, 0.2) is 29.6 Å². The van der Waals surface area contributed by atoms with Gasteiger partial charge in [-0.15, -0.1) is 11.3 Å². The number of nitrogens with one attached hydrogen (secondary N) is 1. The highest BCUT2D eigenvalue weighted by molar-refractivity contribution is 7.14. The van der Waals surface area contributed by atoms with Crippen molar-refractivity contribution in [1.82, 2.24) is 0 Å². The molecule has 1 aromatic carbocycles. The number of hydrogen-bond donors (Lipinski definition) is 1. The van der Waals surface area contributed by atoms with Crippen molar-refractivity contribution in [3.8, 4) is 11.5 Å². The first kappa shape index (κ1) is 19.3. The average molecular weight is 416 g/mol. The maximum atomic E-state index is 12.7. The van der Waals surface area contributed by atoms with Crippen molar-refractivity contribution < 1.29 is 28.6 Å². The quantitative estimate of drug-likeness (QED) is 0.754. The maximum absolute atomic E-state index is 12.7. The maximum Gasteiger partial charge on any atom is 0.341 e. The van der Waals surface area contributed by atoms with Gasteiger partial charge in [0.15, 0.2) is 11.5 Å². The van der Waals surface area contributed by atoms with E-state index < -0.39 is 11.9 Å². The van der Waals surface area contributed by atoms with Crippen molar-refractivity contribution in [2.24, 2.45) is 5.92 Å². The van der Waals surface area contributed by atoms with E-state index in [2.05, 4.69) is 5.32 Å². The van der Waals surface area contributed by atoms with Crippen LogP contribution in [-0.4, -0.2) is 44.1 Å². The first-order valence-electron chi connectivity index (χ1n) is 9.32. The standard InChI is InChI=1S/C20H20N2O6S/c1-2-26-20(25)14-5-8-29-19(14)21-18(24)12-9-17(23)22(11-12)13-3-4-15-16(10-13)28-7-6-27-15/h3-5,8,10,12H,2,6-7,9,11H2,1H3,(H,21,24)/t12-/m0/s1. The molecule has 2 amide bonds. The number of anilines is 2. The highest BCUT2D eigenvalue weighted by atomic mass is 32.1. The summed E-state index contributed by atoms with van der Waals surface area (Å²) in [6.07, 6.45) is 0.0976. The second-order valence-electron chi connectivity index (χ2n) is 6.61. The van der Waals surface area contributed by atoms with Gasteiger partial charge in [0, 0.05) is 24.7 Å². The Morgan fingerprint density at radius 1 is 1.24 bits per heavy atom. The third-order valence-corrected chi connectivity index (χ3v) is 5.56. The lowest BCUT2D eigenvalue weighted by atomic mass is 10.1. The van der Waals surface area contributed by atoms with Crippen molar-refractivity contribution in [3.63, 3.8) is 0 Å². The monoisotopic (exact) mass is 416 g/mol. The molecule has 0 aliphatic carbocycles. The van der Waals surface area contributed by atoms with E-state index >= 15 is 0 Å². The van der Waals surface area contributed by atoms with Crippen LogP contribution in [0.4, 0.5) is 10.7 Å². The summed E-state index contributed by atoms with van der Waals surface area (Å²) in [5.74, 6) is -0.209. The van der Waals surface area contributed by atoms with E-state index in [-0.39, 0.29) is 31.4 Å². The van der Waals surface area contributed by atoms with Crippen LogP contribution in [0.3, 0.4) is 0 Å². The average Bonchev–Trinajstić information content (AvgIpc) is 3.34. The van der Waals surface area contributed by atoms with E-state index in [1.807, 2.05) is 0 Å². The predicted octanol–water partition coefficient (Wildman–Crippen LogP) is 2.69. The van der Waals surface area contributed by atoms with Crippen molar-refractivity contribution >= 4 is 39.8 Å². The lowest BCUT2D eigenvalue weighted by Gasteiger charge is -2.22. The van der Waals surface area contributed by atoms with Crippen LogP contribution in [-0.2, 0) is 14.3 Å². The minimum Gasteiger partial charge on any atom is -0.486 e. The number of carbonyl (C=O) groups excluding carboxylic acids is 3. The fourth-order valence-corrected chi connectivity index (χ4v) is 4.10. The molecule has 2 aliphatic rings. The number of fused-ring (bicyclic) bond motifs is 1. The minimum atomic E-state index is -0.521. The van der Waals surface area contributed by atoms with Crippen LogP contribution in [0.25, 0.3) is 0 Å². The van der Waals surface area contributed by atoms with Gasteiger partial charge in [-0.25, -0.2) is 4.79 Å². The molecule has 0 unspecified atom stereocenters. The lowest BCUT2D eigenvalue weighted by molar-refractivity contribution is -0.122. The summed E-state index contributed by atoms with van der Waals surface area (Å²) in [5, 5.41) is 4.91. The third-order valence-electron chi connectivity index (χ3n) is 4.73. The Morgan fingerprint density at radius 3 is 2.83 bits per heavy atom. The van der Waals surface area contributed by atoms with E-state index in [4.69, 9.17) is 14.2 Å². The molecule has 9 heteroatoms. The van der Waals surface area contributed by atoms with Crippen LogP contribution in [0.2, 0.25) is 0 Å². The second kappa shape index (κ2) is 8.12. The van der Waals surface area contributed by atoms with E-state index in [1.54, 1.807) is 41.5 Å². The zero-order valence-electron chi connectivity index (χ0n) is 15.8. The summed E-state index contributed by atoms with van der Waals surface area (Å²) in [5.41, 5.74) is 0.983. The zero-order chi connectivity index (χ0) is 20.4. The second-order valence-corrected chi connectivity index (χ2v) is 7.52. The van der Waals surface area contributed by atoms with Gasteiger partial charge in [-0.2, -0.15) is 0 Å². The van der Waals surface area contributed by atoms with E-state index in [9.17, 15) is 14.4 Å². The Morgan fingerprint density at radius 2 is 2.03 bits per heavy atom. The van der Waals surface area contributed by atoms with Crippen LogP contribution in [0, 0.1) is 5.92 Å². The number of esters is 1. The number of benzene rings is 1. The first-order chi connectivity index (χ1) is 14.1. The van der Waals surface area contributed by atoms with E-state index in [1.165, 1.54) is 11.3 Å². The molecule has 2 aliphatic heterocycles. The normalized spacial score (nSPS) is 17.9. The van der Waals surface area contributed by atoms with Gasteiger partial charge in [-0.3, -0.25) is 9.59 Å². The molecule has 3 heterocycles. The molecule has 0 radical (unpaired) electrons. The molecule has 2 aromatic rings. The molecule has 152 valence electrons. The van der Waals surface area contributed by atoms with Crippen LogP contribution < -0.4 is 19.7 Å². The van der Waals surface area contributed by atoms with Gasteiger partial charge < -0.3 is 24.4 Å². The molecule has 1 atom stereocenters. The summed E-state index contributed by atoms with van der Waals surface area (Å²) in [6.45, 7) is 3.18. The Bertz CT molecular complexity index is 956. The van der Waals surface area contributed by atoms with E-state index in [0.29, 0.717) is 41.0 Å². The molecule has 1 fully saturated rings. The van der Waals surface area contributed by atoms with Crippen molar-refractivity contribution in [2.75, 3.05) is 36.6 Å². The van der Waals surface area contributed by atoms with Crippen molar-refractivity contribution in [3.05, 3.63) is 35.2 Å². The SMILES string of the molecule is CCOC(=O)c1ccsc1NC(=O)[C@H]1CC(=O)N(c2ccc3c(c2)OCCO3)C1. The summed E-state index contributed by atoms with van der Waals surface area (Å²) < 4.78 is 16.1. The van der Waals surface area contributed by atoms with Crippen molar-refractivity contribution in [2.45, 2.75) is 13.3 Å². The highest BCUT2D eigenvalue weighted by Crippen LogP contribution is 2.36. The number of nitrogens with zero attached hydrogens (tertiary/aromatic N) is 1. The molecule has 0 bridgehead atoms. The minimum absolute atomic E-state index is 0.0976. The number of amides is 2. The highest BCUT2D eigenvalue weighted by Gasteiger charge is 2.36. The molecule has 1 saturated heterocycles. The predicted molar refractivity (Wildman–Crippen MR) is 107 cm³/mol. The fourth-order valence-electron chi connectivity index (χ4n) is 3.32. The number of thiophene rings is 1. The summed E-state index contributed by atoms with van der Waals surface area (Å²) in [6, 6.07) is 6.91. The molecule has 0 saturated carbocycles. The summed E-state index contributed by atoms with van der Waals surface area (Å²) in [7, 11) is 0. The smallest absolute Gasteiger partial charge is 0.341 e. The Hall–Kier alpha value is -3.07. The molecular weight excluding hydrogens is 396 g/mol. The molecule has 29 heavy (non-hydrogen) atoms. The van der Waals surface area contributed by atoms with Crippen LogP contribution in [0.5, 0.6) is 11.5 Å². The first-order valence-corrected chi connectivity index (χ1v) is 10.2. The molecule has 1 N–H and O–H groups in total. The lowest BCUT2D eigenvalue weighted by Crippen LogP contribution is -2.28. The Labute approximate surface area is 171 Å². The van der Waals surface area contributed by atoms with Crippen LogP contribution >= 0.6 is 11.3 Å². The third kappa shape index (κ3) is 3.91. The van der Waals surface area contributed by atoms with Gasteiger partial charge in [0.1, 0.15) is 18.2 Å². The fraction of sp³-hybridized carbons (Fsp3) is 0.350. The Kier molecular flexibility index (Phi) is 5.39.